The highest BCUT2D eigenvalue weighted by Gasteiger charge is 2.32. The molecule has 2 aromatic rings. The van der Waals surface area contributed by atoms with Crippen LogP contribution in [0.1, 0.15) is 29.3 Å². The van der Waals surface area contributed by atoms with Crippen LogP contribution in [0.2, 0.25) is 0 Å². The molecule has 1 fully saturated rings. The van der Waals surface area contributed by atoms with E-state index in [-0.39, 0.29) is 0 Å². The fraction of sp³-hybridized carbons (Fsp3) is 0.500. The molecule has 1 aliphatic carbocycles. The van der Waals surface area contributed by atoms with Crippen molar-refractivity contribution in [1.29, 1.82) is 0 Å². The van der Waals surface area contributed by atoms with Gasteiger partial charge in [-0.15, -0.1) is 11.3 Å². The molecule has 18 heavy (non-hydrogen) atoms. The molecule has 1 saturated carbocycles. The summed E-state index contributed by atoms with van der Waals surface area (Å²) in [6.45, 7) is 1.03. The molecule has 4 heteroatoms. The van der Waals surface area contributed by atoms with Crippen molar-refractivity contribution in [1.82, 2.24) is 15.1 Å². The minimum Gasteiger partial charge on any atom is -0.309 e. The molecule has 0 aliphatic heterocycles. The average Bonchev–Trinajstić information content (AvgIpc) is 2.88. The molecule has 0 amide bonds. The minimum absolute atomic E-state index is 0.571. The van der Waals surface area contributed by atoms with E-state index in [1.165, 1.54) is 23.3 Å². The molecule has 0 aromatic carbocycles. The maximum absolute atomic E-state index is 4.20. The monoisotopic (exact) mass is 261 g/mol. The maximum Gasteiger partial charge on any atom is 0.0522 e. The van der Waals surface area contributed by atoms with E-state index in [0.29, 0.717) is 6.04 Å². The summed E-state index contributed by atoms with van der Waals surface area (Å²) in [6.07, 6.45) is 7.87. The minimum atomic E-state index is 0.571. The van der Waals surface area contributed by atoms with Crippen LogP contribution in [-0.4, -0.2) is 16.3 Å². The van der Waals surface area contributed by atoms with Gasteiger partial charge in [0.2, 0.25) is 0 Å². The molecule has 1 unspecified atom stereocenters. The van der Waals surface area contributed by atoms with E-state index >= 15 is 0 Å². The van der Waals surface area contributed by atoms with Gasteiger partial charge in [0.15, 0.2) is 0 Å². The average molecular weight is 261 g/mol. The zero-order valence-electron chi connectivity index (χ0n) is 10.7. The van der Waals surface area contributed by atoms with Crippen LogP contribution in [0.5, 0.6) is 0 Å². The maximum atomic E-state index is 4.20. The summed E-state index contributed by atoms with van der Waals surface area (Å²) in [6, 6.07) is 4.98. The van der Waals surface area contributed by atoms with Crippen molar-refractivity contribution >= 4 is 11.3 Å². The van der Waals surface area contributed by atoms with Gasteiger partial charge in [0.05, 0.1) is 6.20 Å². The van der Waals surface area contributed by atoms with E-state index in [9.17, 15) is 0 Å². The Kier molecular flexibility index (Phi) is 3.48. The fourth-order valence-electron chi connectivity index (χ4n) is 2.37. The Hall–Kier alpha value is -1.13. The molecule has 2 heterocycles. The zero-order chi connectivity index (χ0) is 12.4. The zero-order valence-corrected chi connectivity index (χ0v) is 11.5. The van der Waals surface area contributed by atoms with Gasteiger partial charge >= 0.3 is 0 Å². The molecular formula is C14H19N3S. The number of thiophene rings is 1. The third kappa shape index (κ3) is 2.82. The fourth-order valence-corrected chi connectivity index (χ4v) is 3.26. The normalized spacial score (nSPS) is 16.9. The Labute approximate surface area is 112 Å². The first-order valence-corrected chi connectivity index (χ1v) is 7.45. The molecule has 1 N–H and O–H groups in total. The topological polar surface area (TPSA) is 29.9 Å². The lowest BCUT2D eigenvalue weighted by Crippen LogP contribution is -2.24. The lowest BCUT2D eigenvalue weighted by atomic mass is 10.1. The van der Waals surface area contributed by atoms with Gasteiger partial charge in [-0.05, 0) is 48.7 Å². The van der Waals surface area contributed by atoms with Gasteiger partial charge in [0.25, 0.3) is 0 Å². The van der Waals surface area contributed by atoms with E-state index in [0.717, 1.165) is 18.9 Å². The summed E-state index contributed by atoms with van der Waals surface area (Å²) in [7, 11) is 1.97. The second kappa shape index (κ2) is 5.24. The van der Waals surface area contributed by atoms with Crippen molar-refractivity contribution in [2.24, 2.45) is 13.0 Å². The largest absolute Gasteiger partial charge is 0.309 e. The molecule has 96 valence electrons. The quantitative estimate of drug-likeness (QED) is 0.866. The number of nitrogens with zero attached hydrogens (tertiary/aromatic N) is 2. The molecule has 0 saturated heterocycles. The molecule has 0 spiro atoms. The first-order chi connectivity index (χ1) is 8.83. The summed E-state index contributed by atoms with van der Waals surface area (Å²) in [4.78, 5) is 1.49. The van der Waals surface area contributed by atoms with Gasteiger partial charge < -0.3 is 5.32 Å². The van der Waals surface area contributed by atoms with Crippen LogP contribution < -0.4 is 5.32 Å². The summed E-state index contributed by atoms with van der Waals surface area (Å²) >= 11 is 1.87. The highest BCUT2D eigenvalue weighted by molar-refractivity contribution is 7.10. The van der Waals surface area contributed by atoms with Crippen LogP contribution in [-0.2, 0) is 13.5 Å². The first-order valence-electron chi connectivity index (χ1n) is 6.57. The molecule has 1 aliphatic rings. The Bertz CT molecular complexity index is 485. The molecule has 0 radical (unpaired) electrons. The molecular weight excluding hydrogens is 242 g/mol. The Balaban J connectivity index is 1.54. The number of nitrogens with one attached hydrogen (secondary N) is 1. The second-order valence-corrected chi connectivity index (χ2v) is 6.04. The van der Waals surface area contributed by atoms with Crippen molar-refractivity contribution in [2.45, 2.75) is 25.3 Å². The van der Waals surface area contributed by atoms with Crippen molar-refractivity contribution < 1.29 is 0 Å². The molecule has 2 aromatic heterocycles. The van der Waals surface area contributed by atoms with Gasteiger partial charge in [-0.1, -0.05) is 6.07 Å². The SMILES string of the molecule is Cn1cc(CCNC(c2cccs2)C2CC2)cn1. The second-order valence-electron chi connectivity index (χ2n) is 5.06. The Morgan fingerprint density at radius 2 is 2.44 bits per heavy atom. The molecule has 3 rings (SSSR count). The summed E-state index contributed by atoms with van der Waals surface area (Å²) in [5.74, 6) is 0.859. The van der Waals surface area contributed by atoms with Crippen LogP contribution in [0.25, 0.3) is 0 Å². The lowest BCUT2D eigenvalue weighted by Gasteiger charge is -2.16. The summed E-state index contributed by atoms with van der Waals surface area (Å²) < 4.78 is 1.87. The predicted molar refractivity (Wildman–Crippen MR) is 74.7 cm³/mol. The number of rotatable bonds is 6. The highest BCUT2D eigenvalue weighted by atomic mass is 32.1. The van der Waals surface area contributed by atoms with E-state index < -0.39 is 0 Å². The van der Waals surface area contributed by atoms with Crippen LogP contribution in [0.15, 0.2) is 29.9 Å². The third-order valence-electron chi connectivity index (χ3n) is 3.48. The molecule has 0 bridgehead atoms. The highest BCUT2D eigenvalue weighted by Crippen LogP contribution is 2.42. The Morgan fingerprint density at radius 3 is 3.06 bits per heavy atom. The van der Waals surface area contributed by atoms with E-state index in [4.69, 9.17) is 0 Å². The number of hydrogen-bond donors (Lipinski definition) is 1. The summed E-state index contributed by atoms with van der Waals surface area (Å²) in [5, 5.41) is 10.1. The van der Waals surface area contributed by atoms with Gasteiger partial charge in [-0.2, -0.15) is 5.10 Å². The standard InChI is InChI=1S/C14H19N3S/c1-17-10-11(9-16-17)6-7-15-14(12-4-5-12)13-3-2-8-18-13/h2-3,8-10,12,14-15H,4-7H2,1H3. The van der Waals surface area contributed by atoms with Crippen LogP contribution in [0.3, 0.4) is 0 Å². The van der Waals surface area contributed by atoms with Crippen molar-refractivity contribution in [2.75, 3.05) is 6.54 Å². The van der Waals surface area contributed by atoms with E-state index in [1.54, 1.807) is 0 Å². The van der Waals surface area contributed by atoms with Crippen molar-refractivity contribution in [3.63, 3.8) is 0 Å². The van der Waals surface area contributed by atoms with Crippen LogP contribution >= 0.6 is 11.3 Å². The lowest BCUT2D eigenvalue weighted by molar-refractivity contribution is 0.491. The smallest absolute Gasteiger partial charge is 0.0522 e. The van der Waals surface area contributed by atoms with Crippen molar-refractivity contribution in [3.05, 3.63) is 40.3 Å². The Morgan fingerprint density at radius 1 is 1.56 bits per heavy atom. The first kappa shape index (κ1) is 11.9. The van der Waals surface area contributed by atoms with Gasteiger partial charge in [0.1, 0.15) is 0 Å². The van der Waals surface area contributed by atoms with Gasteiger partial charge in [-0.3, -0.25) is 4.68 Å². The number of hydrogen-bond acceptors (Lipinski definition) is 3. The molecule has 3 nitrogen and oxygen atoms in total. The van der Waals surface area contributed by atoms with E-state index in [2.05, 4.69) is 34.1 Å². The number of aromatic nitrogens is 2. The predicted octanol–water partition coefficient (Wildman–Crippen LogP) is 2.77. The van der Waals surface area contributed by atoms with E-state index in [1.807, 2.05) is 29.3 Å². The molecule has 1 atom stereocenters. The third-order valence-corrected chi connectivity index (χ3v) is 4.43. The number of aryl methyl sites for hydroxylation is 1. The van der Waals surface area contributed by atoms with Crippen LogP contribution in [0.4, 0.5) is 0 Å². The van der Waals surface area contributed by atoms with Crippen LogP contribution in [0, 0.1) is 5.92 Å². The van der Waals surface area contributed by atoms with Crippen molar-refractivity contribution in [3.8, 4) is 0 Å². The van der Waals surface area contributed by atoms with Gasteiger partial charge in [-0.25, -0.2) is 0 Å². The van der Waals surface area contributed by atoms with Gasteiger partial charge in [0, 0.05) is 24.2 Å². The summed E-state index contributed by atoms with van der Waals surface area (Å²) in [5.41, 5.74) is 1.31.